The van der Waals surface area contributed by atoms with Gasteiger partial charge in [0.15, 0.2) is 0 Å². The maximum absolute atomic E-state index is 12.9. The molecule has 0 bridgehead atoms. The fourth-order valence-corrected chi connectivity index (χ4v) is 4.91. The van der Waals surface area contributed by atoms with Gasteiger partial charge in [-0.15, -0.1) is 0 Å². The van der Waals surface area contributed by atoms with Crippen molar-refractivity contribution in [3.8, 4) is 0 Å². The quantitative estimate of drug-likeness (QED) is 0.771. The molecule has 1 aliphatic rings. The van der Waals surface area contributed by atoms with E-state index in [-0.39, 0.29) is 4.90 Å². The van der Waals surface area contributed by atoms with Gasteiger partial charge in [0.25, 0.3) is 10.0 Å². The second-order valence-corrected chi connectivity index (χ2v) is 8.72. The lowest BCUT2D eigenvalue weighted by atomic mass is 10.2. The highest BCUT2D eigenvalue weighted by atomic mass is 79.9. The molecule has 1 fully saturated rings. The zero-order chi connectivity index (χ0) is 18.0. The first kappa shape index (κ1) is 18.5. The number of nitrogens with one attached hydrogen (secondary N) is 1. The van der Waals surface area contributed by atoms with Crippen LogP contribution in [0.25, 0.3) is 0 Å². The minimum Gasteiger partial charge on any atom is -0.378 e. The van der Waals surface area contributed by atoms with Crippen molar-refractivity contribution in [2.75, 3.05) is 35.9 Å². The number of morpholine rings is 1. The van der Waals surface area contributed by atoms with Gasteiger partial charge in [-0.05, 0) is 36.8 Å². The third-order valence-electron chi connectivity index (χ3n) is 4.00. The summed E-state index contributed by atoms with van der Waals surface area (Å²) >= 11 is 9.70. The van der Waals surface area contributed by atoms with Gasteiger partial charge in [-0.2, -0.15) is 0 Å². The largest absolute Gasteiger partial charge is 0.378 e. The first-order valence-electron chi connectivity index (χ1n) is 7.79. The Bertz CT molecular complexity index is 883. The number of hydrogen-bond donors (Lipinski definition) is 1. The Kier molecular flexibility index (Phi) is 5.58. The molecule has 8 heteroatoms. The summed E-state index contributed by atoms with van der Waals surface area (Å²) in [5.74, 6) is 0. The van der Waals surface area contributed by atoms with E-state index >= 15 is 0 Å². The van der Waals surface area contributed by atoms with Crippen molar-refractivity contribution in [3.05, 3.63) is 51.5 Å². The summed E-state index contributed by atoms with van der Waals surface area (Å²) in [5.41, 5.74) is 1.82. The second kappa shape index (κ2) is 7.53. The average Bonchev–Trinajstić information content (AvgIpc) is 2.57. The number of halogens is 2. The number of anilines is 2. The van der Waals surface area contributed by atoms with Crippen LogP contribution in [0.2, 0.25) is 5.02 Å². The Hall–Kier alpha value is -1.28. The van der Waals surface area contributed by atoms with Gasteiger partial charge in [0.1, 0.15) is 0 Å². The van der Waals surface area contributed by atoms with E-state index in [0.717, 1.165) is 0 Å². The van der Waals surface area contributed by atoms with E-state index in [1.165, 1.54) is 0 Å². The monoisotopic (exact) mass is 444 g/mol. The Morgan fingerprint density at radius 1 is 1.20 bits per heavy atom. The van der Waals surface area contributed by atoms with Crippen LogP contribution in [0.3, 0.4) is 0 Å². The molecule has 2 aromatic carbocycles. The van der Waals surface area contributed by atoms with Crippen LogP contribution in [0, 0.1) is 6.92 Å². The molecular weight excluding hydrogens is 428 g/mol. The molecule has 1 heterocycles. The normalized spacial score (nSPS) is 15.2. The lowest BCUT2D eigenvalue weighted by molar-refractivity contribution is 0.123. The average molecular weight is 446 g/mol. The number of sulfonamides is 1. The maximum atomic E-state index is 12.9. The van der Waals surface area contributed by atoms with E-state index in [1.54, 1.807) is 37.3 Å². The highest BCUT2D eigenvalue weighted by Crippen LogP contribution is 2.36. The van der Waals surface area contributed by atoms with Gasteiger partial charge >= 0.3 is 0 Å². The molecule has 1 N–H and O–H groups in total. The Balaban J connectivity index is 2.00. The van der Waals surface area contributed by atoms with Gasteiger partial charge in [-0.3, -0.25) is 4.72 Å². The molecular formula is C17H18BrClN2O3S. The van der Waals surface area contributed by atoms with Crippen molar-refractivity contribution in [1.82, 2.24) is 0 Å². The van der Waals surface area contributed by atoms with E-state index in [0.29, 0.717) is 52.7 Å². The van der Waals surface area contributed by atoms with Crippen LogP contribution in [-0.2, 0) is 14.8 Å². The Morgan fingerprint density at radius 2 is 1.92 bits per heavy atom. The van der Waals surface area contributed by atoms with Crippen LogP contribution in [0.15, 0.2) is 45.8 Å². The van der Waals surface area contributed by atoms with Crippen LogP contribution in [0.5, 0.6) is 0 Å². The van der Waals surface area contributed by atoms with E-state index in [9.17, 15) is 8.42 Å². The van der Waals surface area contributed by atoms with Gasteiger partial charge in [0.05, 0.1) is 34.5 Å². The molecule has 0 saturated carbocycles. The SMILES string of the molecule is Cc1ccc(Br)cc1S(=O)(=O)Nc1cccc(Cl)c1N1CCOCC1. The van der Waals surface area contributed by atoms with Crippen molar-refractivity contribution < 1.29 is 13.2 Å². The van der Waals surface area contributed by atoms with Gasteiger partial charge < -0.3 is 9.64 Å². The van der Waals surface area contributed by atoms with Crippen molar-refractivity contribution in [2.24, 2.45) is 0 Å². The maximum Gasteiger partial charge on any atom is 0.262 e. The van der Waals surface area contributed by atoms with E-state index in [1.807, 2.05) is 11.0 Å². The zero-order valence-corrected chi connectivity index (χ0v) is 16.8. The number of benzene rings is 2. The molecule has 0 aromatic heterocycles. The molecule has 0 atom stereocenters. The van der Waals surface area contributed by atoms with E-state index < -0.39 is 10.0 Å². The number of aryl methyl sites for hydroxylation is 1. The first-order valence-corrected chi connectivity index (χ1v) is 10.4. The van der Waals surface area contributed by atoms with Crippen LogP contribution < -0.4 is 9.62 Å². The minimum absolute atomic E-state index is 0.231. The molecule has 0 amide bonds. The second-order valence-electron chi connectivity index (χ2n) is 5.75. The summed E-state index contributed by atoms with van der Waals surface area (Å²) in [6.45, 7) is 4.26. The molecule has 0 unspecified atom stereocenters. The summed E-state index contributed by atoms with van der Waals surface area (Å²) in [4.78, 5) is 2.27. The molecule has 5 nitrogen and oxygen atoms in total. The van der Waals surface area contributed by atoms with Gasteiger partial charge in [-0.25, -0.2) is 8.42 Å². The predicted molar refractivity (Wildman–Crippen MR) is 104 cm³/mol. The van der Waals surface area contributed by atoms with Crippen LogP contribution in [-0.4, -0.2) is 34.7 Å². The molecule has 0 aliphatic carbocycles. The molecule has 1 saturated heterocycles. The summed E-state index contributed by atoms with van der Waals surface area (Å²) in [6.07, 6.45) is 0. The number of hydrogen-bond acceptors (Lipinski definition) is 4. The molecule has 3 rings (SSSR count). The smallest absolute Gasteiger partial charge is 0.262 e. The third kappa shape index (κ3) is 4.11. The number of rotatable bonds is 4. The molecule has 1 aliphatic heterocycles. The van der Waals surface area contributed by atoms with Crippen molar-refractivity contribution >= 4 is 48.9 Å². The summed E-state index contributed by atoms with van der Waals surface area (Å²) in [6, 6.07) is 10.4. The topological polar surface area (TPSA) is 58.6 Å². The summed E-state index contributed by atoms with van der Waals surface area (Å²) in [5, 5.41) is 0.507. The highest BCUT2D eigenvalue weighted by Gasteiger charge is 2.23. The number of para-hydroxylation sites is 1. The van der Waals surface area contributed by atoms with Crippen LogP contribution in [0.4, 0.5) is 11.4 Å². The Labute approximate surface area is 161 Å². The minimum atomic E-state index is -3.74. The number of nitrogens with zero attached hydrogens (tertiary/aromatic N) is 1. The first-order chi connectivity index (χ1) is 11.9. The van der Waals surface area contributed by atoms with Crippen LogP contribution >= 0.6 is 27.5 Å². The van der Waals surface area contributed by atoms with Gasteiger partial charge in [0, 0.05) is 17.6 Å². The van der Waals surface area contributed by atoms with Crippen molar-refractivity contribution in [2.45, 2.75) is 11.8 Å². The third-order valence-corrected chi connectivity index (χ3v) is 6.30. The van der Waals surface area contributed by atoms with E-state index in [2.05, 4.69) is 20.7 Å². The zero-order valence-electron chi connectivity index (χ0n) is 13.6. The molecule has 2 aromatic rings. The fraction of sp³-hybridized carbons (Fsp3) is 0.294. The highest BCUT2D eigenvalue weighted by molar-refractivity contribution is 9.10. The summed E-state index contributed by atoms with van der Waals surface area (Å²) < 4.78 is 34.6. The van der Waals surface area contributed by atoms with Crippen molar-refractivity contribution in [1.29, 1.82) is 0 Å². The summed E-state index contributed by atoms with van der Waals surface area (Å²) in [7, 11) is -3.74. The predicted octanol–water partition coefficient (Wildman–Crippen LogP) is 4.05. The molecule has 25 heavy (non-hydrogen) atoms. The van der Waals surface area contributed by atoms with Crippen LogP contribution in [0.1, 0.15) is 5.56 Å². The Morgan fingerprint density at radius 3 is 2.64 bits per heavy atom. The lowest BCUT2D eigenvalue weighted by Gasteiger charge is -2.31. The van der Waals surface area contributed by atoms with E-state index in [4.69, 9.17) is 16.3 Å². The molecule has 0 spiro atoms. The fourth-order valence-electron chi connectivity index (χ4n) is 2.77. The molecule has 0 radical (unpaired) electrons. The standard InChI is InChI=1S/C17H18BrClN2O3S/c1-12-5-6-13(18)11-16(12)25(22,23)20-15-4-2-3-14(19)17(15)21-7-9-24-10-8-21/h2-6,11,20H,7-10H2,1H3. The lowest BCUT2D eigenvalue weighted by Crippen LogP contribution is -2.37. The molecule has 134 valence electrons. The van der Waals surface area contributed by atoms with Gasteiger partial charge in [0.2, 0.25) is 0 Å². The number of ether oxygens (including phenoxy) is 1. The van der Waals surface area contributed by atoms with Crippen molar-refractivity contribution in [3.63, 3.8) is 0 Å². The van der Waals surface area contributed by atoms with Gasteiger partial charge in [-0.1, -0.05) is 39.7 Å².